The van der Waals surface area contributed by atoms with E-state index in [1.165, 1.54) is 54.6 Å². The largest absolute Gasteiger partial charge is 0.493 e. The number of anilines is 4. The number of hydrogen-bond donors (Lipinski definition) is 4. The molecule has 4 amide bonds. The number of amides is 4. The summed E-state index contributed by atoms with van der Waals surface area (Å²) >= 11 is 31.9. The van der Waals surface area contributed by atoms with Gasteiger partial charge in [-0.15, -0.1) is 34.8 Å². The van der Waals surface area contributed by atoms with Crippen molar-refractivity contribution in [3.8, 4) is 11.5 Å². The van der Waals surface area contributed by atoms with E-state index >= 15 is 0 Å². The predicted molar refractivity (Wildman–Crippen MR) is 279 cm³/mol. The number of hydrogen-bond acceptors (Lipinski definition) is 12. The first-order valence-electron chi connectivity index (χ1n) is 22.0. The highest BCUT2D eigenvalue weighted by molar-refractivity contribution is 6.35. The van der Waals surface area contributed by atoms with Gasteiger partial charge in [-0.2, -0.15) is 20.5 Å². The van der Waals surface area contributed by atoms with Gasteiger partial charge in [0.05, 0.1) is 61.9 Å². The van der Waals surface area contributed by atoms with Crippen LogP contribution in [-0.4, -0.2) is 60.5 Å². The summed E-state index contributed by atoms with van der Waals surface area (Å²) in [6.45, 7) is 12.0. The summed E-state index contributed by atoms with van der Waals surface area (Å²) in [6.07, 6.45) is 0. The maximum Gasteiger partial charge on any atom is 0.258 e. The number of azo groups is 2. The van der Waals surface area contributed by atoms with E-state index in [2.05, 4.69) is 41.7 Å². The summed E-state index contributed by atoms with van der Waals surface area (Å²) < 4.78 is 11.4. The van der Waals surface area contributed by atoms with Gasteiger partial charge >= 0.3 is 0 Å². The lowest BCUT2D eigenvalue weighted by atomic mass is 10.1. The molecule has 0 saturated carbocycles. The van der Waals surface area contributed by atoms with Crippen LogP contribution < -0.4 is 30.7 Å². The van der Waals surface area contributed by atoms with Crippen LogP contribution in [0.5, 0.6) is 11.5 Å². The van der Waals surface area contributed by atoms with Crippen molar-refractivity contribution in [1.82, 2.24) is 0 Å². The lowest BCUT2D eigenvalue weighted by molar-refractivity contribution is -0.127. The van der Waals surface area contributed by atoms with Crippen LogP contribution in [0.2, 0.25) is 10.0 Å². The number of benzene rings is 5. The molecule has 0 saturated heterocycles. The third-order valence-corrected chi connectivity index (χ3v) is 11.6. The summed E-state index contributed by atoms with van der Waals surface area (Å²) in [5.74, 6) is -3.10. The van der Waals surface area contributed by atoms with E-state index in [9.17, 15) is 28.8 Å². The van der Waals surface area contributed by atoms with Crippen molar-refractivity contribution >= 4 is 127 Å². The Morgan fingerprint density at radius 2 is 0.901 bits per heavy atom. The van der Waals surface area contributed by atoms with Crippen molar-refractivity contribution in [3.63, 3.8) is 0 Å². The molecule has 0 aromatic heterocycles. The smallest absolute Gasteiger partial charge is 0.258 e. The van der Waals surface area contributed by atoms with Crippen LogP contribution in [0.1, 0.15) is 102 Å². The Hall–Kier alpha value is -6.43. The molecule has 5 aromatic carbocycles. The second-order valence-corrected chi connectivity index (χ2v) is 18.5. The lowest BCUT2D eigenvalue weighted by Gasteiger charge is -2.17. The van der Waals surface area contributed by atoms with E-state index in [1.54, 1.807) is 57.2 Å². The van der Waals surface area contributed by atoms with Gasteiger partial charge in [0.2, 0.25) is 12.1 Å². The van der Waals surface area contributed by atoms with Gasteiger partial charge in [-0.1, -0.05) is 35.3 Å². The molecule has 21 heteroatoms. The second-order valence-electron chi connectivity index (χ2n) is 15.7. The Bertz CT molecular complexity index is 2890. The molecule has 5 rings (SSSR count). The molecule has 372 valence electrons. The molecule has 0 bridgehead atoms. The third-order valence-electron chi connectivity index (χ3n) is 10.2. The molecular formula is C50H49Cl5N8O8. The Morgan fingerprint density at radius 3 is 1.30 bits per heavy atom. The van der Waals surface area contributed by atoms with Gasteiger partial charge in [-0.25, -0.2) is 0 Å². The maximum atomic E-state index is 13.6. The Morgan fingerprint density at radius 1 is 0.507 bits per heavy atom. The molecular weight excluding hydrogens is 1020 g/mol. The van der Waals surface area contributed by atoms with Crippen molar-refractivity contribution in [1.29, 1.82) is 0 Å². The summed E-state index contributed by atoms with van der Waals surface area (Å²) in [5, 5.41) is 25.8. The Labute approximate surface area is 435 Å². The van der Waals surface area contributed by atoms with Crippen LogP contribution in [0.3, 0.4) is 0 Å². The van der Waals surface area contributed by atoms with Crippen molar-refractivity contribution in [3.05, 3.63) is 129 Å². The molecule has 5 aromatic rings. The van der Waals surface area contributed by atoms with Crippen molar-refractivity contribution in [2.45, 2.75) is 76.7 Å². The fourth-order valence-electron chi connectivity index (χ4n) is 6.72. The summed E-state index contributed by atoms with van der Waals surface area (Å²) in [7, 11) is 0. The van der Waals surface area contributed by atoms with Gasteiger partial charge < -0.3 is 30.7 Å². The molecule has 0 aliphatic carbocycles. The number of carbonyl (C=O) groups is 6. The van der Waals surface area contributed by atoms with Crippen LogP contribution in [0.15, 0.2) is 111 Å². The molecule has 16 nitrogen and oxygen atoms in total. The first-order chi connectivity index (χ1) is 33.7. The van der Waals surface area contributed by atoms with Gasteiger partial charge in [0.15, 0.2) is 11.6 Å². The van der Waals surface area contributed by atoms with Gasteiger partial charge in [0, 0.05) is 46.0 Å². The first kappa shape index (κ1) is 55.5. The molecule has 0 aliphatic rings. The first-order valence-corrected chi connectivity index (χ1v) is 24.0. The molecule has 0 fully saturated rings. The number of Topliss-reactive ketones (excluding diaryl/α,β-unsaturated/α-hetero) is 2. The molecule has 5 atom stereocenters. The van der Waals surface area contributed by atoms with Gasteiger partial charge in [-0.3, -0.25) is 28.8 Å². The lowest BCUT2D eigenvalue weighted by Crippen LogP contribution is -2.32. The predicted octanol–water partition coefficient (Wildman–Crippen LogP) is 13.6. The molecule has 0 heterocycles. The highest BCUT2D eigenvalue weighted by atomic mass is 35.5. The number of halogens is 5. The van der Waals surface area contributed by atoms with Crippen molar-refractivity contribution in [2.75, 3.05) is 34.5 Å². The Kier molecular flexibility index (Phi) is 20.0. The number of ether oxygens (including phenoxy) is 2. The zero-order valence-electron chi connectivity index (χ0n) is 39.4. The second kappa shape index (κ2) is 25.6. The van der Waals surface area contributed by atoms with Gasteiger partial charge in [-0.05, 0) is 121 Å². The molecule has 4 N–H and O–H groups in total. The topological polar surface area (TPSA) is 218 Å². The van der Waals surface area contributed by atoms with E-state index in [0.717, 1.165) is 25.0 Å². The molecule has 0 aliphatic heterocycles. The van der Waals surface area contributed by atoms with Crippen LogP contribution in [0.4, 0.5) is 34.1 Å². The number of ketones is 2. The van der Waals surface area contributed by atoms with Crippen LogP contribution in [-0.2, 0) is 19.2 Å². The minimum atomic E-state index is -1.63. The number of carbonyl (C=O) groups excluding carboxylic acids is 6. The van der Waals surface area contributed by atoms with Crippen molar-refractivity contribution < 1.29 is 38.2 Å². The highest BCUT2D eigenvalue weighted by Gasteiger charge is 2.27. The zero-order chi connectivity index (χ0) is 52.1. The number of nitrogens with zero attached hydrogens (tertiary/aromatic N) is 4. The average molecular weight is 1070 g/mol. The molecule has 71 heavy (non-hydrogen) atoms. The molecule has 0 spiro atoms. The van der Waals surface area contributed by atoms with Crippen LogP contribution in [0, 0.1) is 0 Å². The van der Waals surface area contributed by atoms with E-state index in [0.29, 0.717) is 41.7 Å². The minimum absolute atomic E-state index is 0.0423. The monoisotopic (exact) mass is 1060 g/mol. The van der Waals surface area contributed by atoms with Gasteiger partial charge in [0.1, 0.15) is 11.5 Å². The van der Waals surface area contributed by atoms with E-state index < -0.39 is 52.7 Å². The third kappa shape index (κ3) is 15.0. The fraction of sp³-hybridized carbons (Fsp3) is 0.280. The number of rotatable bonds is 21. The summed E-state index contributed by atoms with van der Waals surface area (Å²) in [4.78, 5) is 79.2. The van der Waals surface area contributed by atoms with E-state index in [4.69, 9.17) is 67.5 Å². The van der Waals surface area contributed by atoms with Crippen LogP contribution in [0.25, 0.3) is 0 Å². The zero-order valence-corrected chi connectivity index (χ0v) is 43.2. The normalized spacial score (nSPS) is 13.4. The maximum absolute atomic E-state index is 13.6. The standard InChI is InChI=1S/C50H49Cl5N8O8/c1-8-70-43-23-31(10-15-35(43)25(3)51)56-47(66)38-21-33(12-17-40(38)54)60-62-45(28(6)64)49(68)58-30-14-19-42(37(20-30)27(5)53)59-50(69)46(29(7)65)63-61-34-13-18-41(55)39(22-34)48(67)57-32-11-16-36(26(4)52)44(24-32)71-9-2/h10-27,45-46H,8-9H2,1-7H3,(H,56,66)(H,57,67)(H,58,68)(H,59,69). The summed E-state index contributed by atoms with van der Waals surface area (Å²) in [5.41, 5.74) is 3.39. The van der Waals surface area contributed by atoms with E-state index in [-0.39, 0.29) is 54.7 Å². The SMILES string of the molecule is CCOc1cc(NC(=O)c2cc(N=NC(C(C)=O)C(=O)Nc3ccc(NC(=O)C(N=Nc4ccc(Cl)c(C(=O)Nc5ccc(C(C)Cl)c(OCC)c5)c4)C(C)=O)c(C(C)Cl)c3)ccc2Cl)ccc1C(C)Cl. The average Bonchev–Trinajstić information content (AvgIpc) is 3.30. The number of nitrogens with one attached hydrogen (secondary N) is 4. The molecule has 0 radical (unpaired) electrons. The minimum Gasteiger partial charge on any atom is -0.493 e. The van der Waals surface area contributed by atoms with E-state index in [1.807, 2.05) is 13.8 Å². The summed E-state index contributed by atoms with van der Waals surface area (Å²) in [6, 6.07) is 19.7. The van der Waals surface area contributed by atoms with Crippen molar-refractivity contribution in [2.24, 2.45) is 20.5 Å². The Balaban J connectivity index is 1.27. The van der Waals surface area contributed by atoms with Gasteiger partial charge in [0.25, 0.3) is 23.6 Å². The quantitative estimate of drug-likeness (QED) is 0.0314. The van der Waals surface area contributed by atoms with Crippen LogP contribution >= 0.6 is 58.0 Å². The molecule has 5 unspecified atom stereocenters. The number of alkyl halides is 3. The highest BCUT2D eigenvalue weighted by Crippen LogP contribution is 2.35. The fourth-order valence-corrected chi connectivity index (χ4v) is 7.67.